The molecule has 1 aliphatic rings. The summed E-state index contributed by atoms with van der Waals surface area (Å²) in [6, 6.07) is 5.64. The molecule has 1 aromatic carbocycles. The van der Waals surface area contributed by atoms with Gasteiger partial charge in [-0.3, -0.25) is 4.79 Å². The molecule has 3 nitrogen and oxygen atoms in total. The first kappa shape index (κ1) is 15.1. The predicted molar refractivity (Wildman–Crippen MR) is 87.6 cm³/mol. The van der Waals surface area contributed by atoms with Crippen molar-refractivity contribution in [1.82, 2.24) is 5.32 Å². The highest BCUT2D eigenvalue weighted by Crippen LogP contribution is 2.24. The van der Waals surface area contributed by atoms with E-state index in [1.165, 1.54) is 12.8 Å². The quantitative estimate of drug-likeness (QED) is 0.768. The molecular formula is C14H18ClIN2O. The minimum atomic E-state index is 0.0571. The van der Waals surface area contributed by atoms with Gasteiger partial charge in [0.2, 0.25) is 5.91 Å². The summed E-state index contributed by atoms with van der Waals surface area (Å²) in [5.41, 5.74) is 0.706. The Morgan fingerprint density at radius 1 is 1.42 bits per heavy atom. The lowest BCUT2D eigenvalue weighted by Crippen LogP contribution is -2.28. The zero-order valence-corrected chi connectivity index (χ0v) is 13.6. The summed E-state index contributed by atoms with van der Waals surface area (Å²) in [7, 11) is 0. The SMILES string of the molecule is O=C(CCC1CCNCC1)Nc1ccc(I)cc1Cl. The maximum Gasteiger partial charge on any atom is 0.224 e. The van der Waals surface area contributed by atoms with E-state index in [0.717, 1.165) is 23.1 Å². The van der Waals surface area contributed by atoms with Gasteiger partial charge in [-0.25, -0.2) is 0 Å². The number of hydrogen-bond donors (Lipinski definition) is 2. The van der Waals surface area contributed by atoms with E-state index in [2.05, 4.69) is 33.2 Å². The van der Waals surface area contributed by atoms with Crippen molar-refractivity contribution in [3.05, 3.63) is 26.8 Å². The summed E-state index contributed by atoms with van der Waals surface area (Å²) < 4.78 is 1.07. The van der Waals surface area contributed by atoms with Crippen LogP contribution in [0.15, 0.2) is 18.2 Å². The van der Waals surface area contributed by atoms with Crippen LogP contribution in [0.2, 0.25) is 5.02 Å². The molecule has 0 bridgehead atoms. The second-order valence-electron chi connectivity index (χ2n) is 4.90. The molecule has 0 atom stereocenters. The molecule has 0 aromatic heterocycles. The van der Waals surface area contributed by atoms with Gasteiger partial charge < -0.3 is 10.6 Å². The van der Waals surface area contributed by atoms with Gasteiger partial charge in [0.05, 0.1) is 10.7 Å². The highest BCUT2D eigenvalue weighted by Gasteiger charge is 2.15. The number of anilines is 1. The Morgan fingerprint density at radius 3 is 2.84 bits per heavy atom. The molecule has 1 saturated heterocycles. The van der Waals surface area contributed by atoms with Gasteiger partial charge in [0, 0.05) is 9.99 Å². The monoisotopic (exact) mass is 392 g/mol. The average molecular weight is 393 g/mol. The van der Waals surface area contributed by atoms with Crippen molar-refractivity contribution in [2.24, 2.45) is 5.92 Å². The van der Waals surface area contributed by atoms with Gasteiger partial charge in [-0.05, 0) is 79.1 Å². The number of nitrogens with one attached hydrogen (secondary N) is 2. The summed E-state index contributed by atoms with van der Waals surface area (Å²) in [6.45, 7) is 2.16. The highest BCUT2D eigenvalue weighted by molar-refractivity contribution is 14.1. The molecule has 2 rings (SSSR count). The number of carbonyl (C=O) groups excluding carboxylic acids is 1. The van der Waals surface area contributed by atoms with Crippen molar-refractivity contribution < 1.29 is 4.79 Å². The lowest BCUT2D eigenvalue weighted by atomic mass is 9.93. The summed E-state index contributed by atoms with van der Waals surface area (Å²) in [4.78, 5) is 11.9. The second-order valence-corrected chi connectivity index (χ2v) is 6.56. The van der Waals surface area contributed by atoms with Crippen LogP contribution >= 0.6 is 34.2 Å². The first-order chi connectivity index (χ1) is 9.15. The number of halogens is 2. The second kappa shape index (κ2) is 7.45. The van der Waals surface area contributed by atoms with Gasteiger partial charge in [0.25, 0.3) is 0 Å². The van der Waals surface area contributed by atoms with Crippen LogP contribution in [-0.4, -0.2) is 19.0 Å². The highest BCUT2D eigenvalue weighted by atomic mass is 127. The van der Waals surface area contributed by atoms with E-state index in [-0.39, 0.29) is 5.91 Å². The molecule has 0 spiro atoms. The molecule has 0 aliphatic carbocycles. The van der Waals surface area contributed by atoms with Gasteiger partial charge in [0.15, 0.2) is 0 Å². The van der Waals surface area contributed by atoms with Crippen molar-refractivity contribution in [3.63, 3.8) is 0 Å². The summed E-state index contributed by atoms with van der Waals surface area (Å²) in [5, 5.41) is 6.82. The van der Waals surface area contributed by atoms with Crippen molar-refractivity contribution in [1.29, 1.82) is 0 Å². The summed E-state index contributed by atoms with van der Waals surface area (Å²) in [5.74, 6) is 0.737. The fraction of sp³-hybridized carbons (Fsp3) is 0.500. The molecule has 5 heteroatoms. The molecule has 1 heterocycles. The number of hydrogen-bond acceptors (Lipinski definition) is 2. The maximum atomic E-state index is 11.9. The standard InChI is InChI=1S/C14H18ClIN2O/c15-12-9-11(16)2-3-13(12)18-14(19)4-1-10-5-7-17-8-6-10/h2-3,9-10,17H,1,4-8H2,(H,18,19). The molecule has 2 N–H and O–H groups in total. The van der Waals surface area contributed by atoms with Crippen LogP contribution in [0.1, 0.15) is 25.7 Å². The van der Waals surface area contributed by atoms with Gasteiger partial charge >= 0.3 is 0 Å². The van der Waals surface area contributed by atoms with E-state index < -0.39 is 0 Å². The van der Waals surface area contributed by atoms with Crippen LogP contribution in [0.25, 0.3) is 0 Å². The minimum absolute atomic E-state index is 0.0571. The molecule has 1 amide bonds. The Morgan fingerprint density at radius 2 is 2.16 bits per heavy atom. The number of amides is 1. The molecule has 1 aromatic rings. The maximum absolute atomic E-state index is 11.9. The van der Waals surface area contributed by atoms with Gasteiger partial charge in [0.1, 0.15) is 0 Å². The molecule has 19 heavy (non-hydrogen) atoms. The number of carbonyl (C=O) groups is 1. The van der Waals surface area contributed by atoms with E-state index in [1.54, 1.807) is 0 Å². The normalized spacial score (nSPS) is 16.3. The lowest BCUT2D eigenvalue weighted by Gasteiger charge is -2.22. The molecule has 0 radical (unpaired) electrons. The van der Waals surface area contributed by atoms with Crippen molar-refractivity contribution in [2.45, 2.75) is 25.7 Å². The van der Waals surface area contributed by atoms with E-state index >= 15 is 0 Å². The Balaban J connectivity index is 1.80. The van der Waals surface area contributed by atoms with Gasteiger partial charge in [-0.15, -0.1) is 0 Å². The smallest absolute Gasteiger partial charge is 0.224 e. The molecule has 0 saturated carbocycles. The Kier molecular flexibility index (Phi) is 5.91. The summed E-state index contributed by atoms with van der Waals surface area (Å²) >= 11 is 8.29. The molecule has 104 valence electrons. The first-order valence-corrected chi connectivity index (χ1v) is 8.06. The fourth-order valence-electron chi connectivity index (χ4n) is 2.31. The summed E-state index contributed by atoms with van der Waals surface area (Å²) in [6.07, 6.45) is 3.90. The van der Waals surface area contributed by atoms with E-state index in [0.29, 0.717) is 23.0 Å². The third kappa shape index (κ3) is 4.93. The lowest BCUT2D eigenvalue weighted by molar-refractivity contribution is -0.116. The Hall–Kier alpha value is -0.330. The molecule has 1 aliphatic heterocycles. The first-order valence-electron chi connectivity index (χ1n) is 6.61. The van der Waals surface area contributed by atoms with Crippen LogP contribution < -0.4 is 10.6 Å². The van der Waals surface area contributed by atoms with E-state index in [4.69, 9.17) is 11.6 Å². The van der Waals surface area contributed by atoms with Crippen LogP contribution in [-0.2, 0) is 4.79 Å². The van der Waals surface area contributed by atoms with Crippen LogP contribution in [0, 0.1) is 9.49 Å². The number of benzene rings is 1. The van der Waals surface area contributed by atoms with E-state index in [1.807, 2.05) is 18.2 Å². The zero-order valence-electron chi connectivity index (χ0n) is 10.7. The fourth-order valence-corrected chi connectivity index (χ4v) is 3.21. The minimum Gasteiger partial charge on any atom is -0.325 e. The molecular weight excluding hydrogens is 375 g/mol. The molecule has 0 unspecified atom stereocenters. The average Bonchev–Trinajstić information content (AvgIpc) is 2.41. The largest absolute Gasteiger partial charge is 0.325 e. The van der Waals surface area contributed by atoms with Crippen molar-refractivity contribution in [3.8, 4) is 0 Å². The Labute approximate surface area is 132 Å². The number of rotatable bonds is 4. The van der Waals surface area contributed by atoms with Crippen LogP contribution in [0.4, 0.5) is 5.69 Å². The number of piperidine rings is 1. The van der Waals surface area contributed by atoms with Gasteiger partial charge in [-0.2, -0.15) is 0 Å². The predicted octanol–water partition coefficient (Wildman–Crippen LogP) is 3.66. The third-order valence-electron chi connectivity index (χ3n) is 3.44. The van der Waals surface area contributed by atoms with Crippen LogP contribution in [0.5, 0.6) is 0 Å². The topological polar surface area (TPSA) is 41.1 Å². The van der Waals surface area contributed by atoms with Crippen molar-refractivity contribution in [2.75, 3.05) is 18.4 Å². The van der Waals surface area contributed by atoms with Gasteiger partial charge in [-0.1, -0.05) is 11.6 Å². The van der Waals surface area contributed by atoms with E-state index in [9.17, 15) is 4.79 Å². The van der Waals surface area contributed by atoms with Crippen LogP contribution in [0.3, 0.4) is 0 Å². The molecule has 1 fully saturated rings. The third-order valence-corrected chi connectivity index (χ3v) is 4.43. The van der Waals surface area contributed by atoms with Crippen molar-refractivity contribution >= 4 is 45.8 Å². The Bertz CT molecular complexity index is 447. The zero-order chi connectivity index (χ0) is 13.7.